The number of hydrogen-bond donors (Lipinski definition) is 2. The number of hydrogen-bond acceptors (Lipinski definition) is 4. The van der Waals surface area contributed by atoms with Gasteiger partial charge < -0.3 is 15.4 Å². The summed E-state index contributed by atoms with van der Waals surface area (Å²) >= 11 is 0. The number of carbonyl (C=O) groups excluding carboxylic acids is 1. The Balaban J connectivity index is 1.43. The molecule has 0 atom stereocenters. The fraction of sp³-hybridized carbons (Fsp3) is 0.381. The Morgan fingerprint density at radius 3 is 2.50 bits per heavy atom. The SMILES string of the molecule is COc1ccc(CN2CCC3(CC2)NC(=O)c2cccc(C)c2N3)cc1. The van der Waals surface area contributed by atoms with Crippen molar-refractivity contribution < 1.29 is 9.53 Å². The van der Waals surface area contributed by atoms with E-state index in [1.165, 1.54) is 5.56 Å². The standard InChI is InChI=1S/C21H25N3O2/c1-15-4-3-5-18-19(15)22-21(23-20(18)25)10-12-24(13-11-21)14-16-6-8-17(26-2)9-7-16/h3-9,22H,10-14H2,1-2H3,(H,23,25). The van der Waals surface area contributed by atoms with Gasteiger partial charge in [-0.3, -0.25) is 9.69 Å². The number of benzene rings is 2. The monoisotopic (exact) mass is 351 g/mol. The summed E-state index contributed by atoms with van der Waals surface area (Å²) in [6.07, 6.45) is 1.78. The predicted octanol–water partition coefficient (Wildman–Crippen LogP) is 3.15. The molecule has 2 aromatic carbocycles. The molecule has 0 bridgehead atoms. The van der Waals surface area contributed by atoms with E-state index in [1.54, 1.807) is 7.11 Å². The van der Waals surface area contributed by atoms with Gasteiger partial charge in [0.1, 0.15) is 11.4 Å². The topological polar surface area (TPSA) is 53.6 Å². The molecule has 5 heteroatoms. The number of likely N-dealkylation sites (tertiary alicyclic amines) is 1. The van der Waals surface area contributed by atoms with Crippen molar-refractivity contribution in [2.75, 3.05) is 25.5 Å². The smallest absolute Gasteiger partial charge is 0.255 e. The van der Waals surface area contributed by atoms with Gasteiger partial charge in [0.2, 0.25) is 0 Å². The van der Waals surface area contributed by atoms with Gasteiger partial charge >= 0.3 is 0 Å². The minimum atomic E-state index is -0.327. The van der Waals surface area contributed by atoms with Crippen LogP contribution in [0.4, 0.5) is 5.69 Å². The summed E-state index contributed by atoms with van der Waals surface area (Å²) in [4.78, 5) is 15.0. The maximum Gasteiger partial charge on any atom is 0.255 e. The van der Waals surface area contributed by atoms with Crippen molar-refractivity contribution in [1.29, 1.82) is 0 Å². The molecular formula is C21H25N3O2. The van der Waals surface area contributed by atoms with Crippen LogP contribution < -0.4 is 15.4 Å². The van der Waals surface area contributed by atoms with Crippen LogP contribution >= 0.6 is 0 Å². The number of carbonyl (C=O) groups is 1. The molecule has 0 radical (unpaired) electrons. The molecule has 1 spiro atoms. The zero-order valence-corrected chi connectivity index (χ0v) is 15.3. The summed E-state index contributed by atoms with van der Waals surface area (Å²) in [6.45, 7) is 4.86. The Hall–Kier alpha value is -2.53. The Morgan fingerprint density at radius 2 is 1.81 bits per heavy atom. The summed E-state index contributed by atoms with van der Waals surface area (Å²) in [7, 11) is 1.68. The maximum absolute atomic E-state index is 12.6. The number of piperidine rings is 1. The molecule has 26 heavy (non-hydrogen) atoms. The first kappa shape index (κ1) is 16.9. The number of para-hydroxylation sites is 1. The van der Waals surface area contributed by atoms with Gasteiger partial charge in [-0.05, 0) is 36.2 Å². The van der Waals surface area contributed by atoms with E-state index >= 15 is 0 Å². The van der Waals surface area contributed by atoms with Crippen LogP contribution in [-0.2, 0) is 6.54 Å². The second-order valence-electron chi connectivity index (χ2n) is 7.28. The Morgan fingerprint density at radius 1 is 1.08 bits per heavy atom. The summed E-state index contributed by atoms with van der Waals surface area (Å²) in [6, 6.07) is 14.1. The molecule has 136 valence electrons. The Bertz CT molecular complexity index is 809. The molecule has 2 aromatic rings. The van der Waals surface area contributed by atoms with E-state index in [9.17, 15) is 4.79 Å². The number of methoxy groups -OCH3 is 1. The van der Waals surface area contributed by atoms with Crippen LogP contribution in [0, 0.1) is 6.92 Å². The van der Waals surface area contributed by atoms with E-state index < -0.39 is 0 Å². The quantitative estimate of drug-likeness (QED) is 0.892. The zero-order valence-electron chi connectivity index (χ0n) is 15.3. The van der Waals surface area contributed by atoms with E-state index in [4.69, 9.17) is 4.74 Å². The van der Waals surface area contributed by atoms with Gasteiger partial charge in [0.05, 0.1) is 18.4 Å². The average molecular weight is 351 g/mol. The molecule has 2 heterocycles. The number of fused-ring (bicyclic) bond motifs is 1. The molecule has 0 saturated carbocycles. The van der Waals surface area contributed by atoms with Crippen molar-refractivity contribution in [2.24, 2.45) is 0 Å². The van der Waals surface area contributed by atoms with Gasteiger partial charge in [0.25, 0.3) is 5.91 Å². The molecule has 2 N–H and O–H groups in total. The highest BCUT2D eigenvalue weighted by atomic mass is 16.5. The number of anilines is 1. The van der Waals surface area contributed by atoms with E-state index in [-0.39, 0.29) is 11.6 Å². The first-order chi connectivity index (χ1) is 12.6. The van der Waals surface area contributed by atoms with Crippen molar-refractivity contribution in [2.45, 2.75) is 32.0 Å². The highest BCUT2D eigenvalue weighted by Gasteiger charge is 2.40. The molecule has 2 aliphatic rings. The zero-order chi connectivity index (χ0) is 18.1. The van der Waals surface area contributed by atoms with Crippen molar-refractivity contribution in [3.8, 4) is 5.75 Å². The lowest BCUT2D eigenvalue weighted by molar-refractivity contribution is 0.0822. The maximum atomic E-state index is 12.6. The normalized spacial score (nSPS) is 18.8. The van der Waals surface area contributed by atoms with Crippen LogP contribution in [0.2, 0.25) is 0 Å². The summed E-state index contributed by atoms with van der Waals surface area (Å²) in [5.41, 5.74) is 3.81. The molecule has 1 amide bonds. The largest absolute Gasteiger partial charge is 0.497 e. The number of ether oxygens (including phenoxy) is 1. The third-order valence-electron chi connectivity index (χ3n) is 5.51. The van der Waals surface area contributed by atoms with Crippen LogP contribution in [0.25, 0.3) is 0 Å². The summed E-state index contributed by atoms with van der Waals surface area (Å²) in [5, 5.41) is 6.86. The molecule has 0 aromatic heterocycles. The van der Waals surface area contributed by atoms with Crippen LogP contribution in [0.3, 0.4) is 0 Å². The predicted molar refractivity (Wildman–Crippen MR) is 103 cm³/mol. The molecule has 0 aliphatic carbocycles. The average Bonchev–Trinajstić information content (AvgIpc) is 2.66. The van der Waals surface area contributed by atoms with Crippen molar-refractivity contribution in [3.63, 3.8) is 0 Å². The van der Waals surface area contributed by atoms with Gasteiger partial charge in [-0.25, -0.2) is 0 Å². The van der Waals surface area contributed by atoms with Gasteiger partial charge in [0.15, 0.2) is 0 Å². The van der Waals surface area contributed by atoms with Crippen molar-refractivity contribution in [3.05, 3.63) is 59.2 Å². The third kappa shape index (κ3) is 3.15. The van der Waals surface area contributed by atoms with Crippen LogP contribution in [0.1, 0.15) is 34.3 Å². The third-order valence-corrected chi connectivity index (χ3v) is 5.51. The second kappa shape index (κ2) is 6.65. The van der Waals surface area contributed by atoms with Crippen LogP contribution in [-0.4, -0.2) is 36.7 Å². The fourth-order valence-corrected chi connectivity index (χ4v) is 3.91. The van der Waals surface area contributed by atoms with Gasteiger partial charge in [-0.1, -0.05) is 24.3 Å². The van der Waals surface area contributed by atoms with Gasteiger partial charge in [0, 0.05) is 32.5 Å². The summed E-state index contributed by atoms with van der Waals surface area (Å²) < 4.78 is 5.22. The van der Waals surface area contributed by atoms with E-state index in [0.717, 1.165) is 55.0 Å². The molecule has 5 nitrogen and oxygen atoms in total. The van der Waals surface area contributed by atoms with E-state index in [2.05, 4.69) is 40.7 Å². The first-order valence-corrected chi connectivity index (χ1v) is 9.14. The number of rotatable bonds is 3. The fourth-order valence-electron chi connectivity index (χ4n) is 3.91. The Labute approximate surface area is 154 Å². The lowest BCUT2D eigenvalue weighted by Crippen LogP contribution is -2.62. The van der Waals surface area contributed by atoms with Crippen LogP contribution in [0.5, 0.6) is 5.75 Å². The molecule has 1 saturated heterocycles. The molecule has 0 unspecified atom stereocenters. The highest BCUT2D eigenvalue weighted by molar-refractivity contribution is 6.02. The highest BCUT2D eigenvalue weighted by Crippen LogP contribution is 2.33. The molecule has 4 rings (SSSR count). The molecule has 2 aliphatic heterocycles. The second-order valence-corrected chi connectivity index (χ2v) is 7.28. The number of nitrogens with zero attached hydrogens (tertiary/aromatic N) is 1. The summed E-state index contributed by atoms with van der Waals surface area (Å²) in [5.74, 6) is 0.917. The van der Waals surface area contributed by atoms with E-state index in [1.807, 2.05) is 24.3 Å². The number of amides is 1. The molecular weight excluding hydrogens is 326 g/mol. The van der Waals surface area contributed by atoms with E-state index in [0.29, 0.717) is 0 Å². The lowest BCUT2D eigenvalue weighted by atomic mass is 9.91. The van der Waals surface area contributed by atoms with Gasteiger partial charge in [-0.2, -0.15) is 0 Å². The minimum Gasteiger partial charge on any atom is -0.497 e. The number of aryl methyl sites for hydroxylation is 1. The van der Waals surface area contributed by atoms with Crippen LogP contribution in [0.15, 0.2) is 42.5 Å². The van der Waals surface area contributed by atoms with Gasteiger partial charge in [-0.15, -0.1) is 0 Å². The minimum absolute atomic E-state index is 0.0334. The number of nitrogens with one attached hydrogen (secondary N) is 2. The van der Waals surface area contributed by atoms with Crippen molar-refractivity contribution in [1.82, 2.24) is 10.2 Å². The Kier molecular flexibility index (Phi) is 4.32. The first-order valence-electron chi connectivity index (χ1n) is 9.14. The lowest BCUT2D eigenvalue weighted by Gasteiger charge is -2.46. The molecule has 1 fully saturated rings. The van der Waals surface area contributed by atoms with Crippen molar-refractivity contribution >= 4 is 11.6 Å².